The van der Waals surface area contributed by atoms with Crippen LogP contribution in [-0.4, -0.2) is 48.7 Å². The first-order chi connectivity index (χ1) is 9.06. The van der Waals surface area contributed by atoms with E-state index in [1.165, 1.54) is 19.3 Å². The van der Waals surface area contributed by atoms with Gasteiger partial charge in [-0.2, -0.15) is 0 Å². The van der Waals surface area contributed by atoms with E-state index in [4.69, 9.17) is 4.74 Å². The molecule has 4 heteroatoms. The van der Waals surface area contributed by atoms with Crippen molar-refractivity contribution in [3.8, 4) is 0 Å². The highest BCUT2D eigenvalue weighted by molar-refractivity contribution is 5.78. The third-order valence-corrected chi connectivity index (χ3v) is 4.54. The van der Waals surface area contributed by atoms with Crippen molar-refractivity contribution >= 4 is 5.91 Å². The van der Waals surface area contributed by atoms with Crippen LogP contribution in [0, 0.1) is 5.92 Å². The van der Waals surface area contributed by atoms with Gasteiger partial charge in [0, 0.05) is 18.6 Å². The molecule has 0 spiro atoms. The Kier molecular flexibility index (Phi) is 5.22. The van der Waals surface area contributed by atoms with E-state index in [0.29, 0.717) is 24.5 Å². The fraction of sp³-hybridized carbons (Fsp3) is 0.933. The quantitative estimate of drug-likeness (QED) is 0.848. The number of nitrogens with zero attached hydrogens (tertiary/aromatic N) is 1. The van der Waals surface area contributed by atoms with Crippen LogP contribution >= 0.6 is 0 Å². The molecule has 1 aliphatic carbocycles. The molecule has 4 atom stereocenters. The third-order valence-electron chi connectivity index (χ3n) is 4.54. The van der Waals surface area contributed by atoms with E-state index in [0.717, 1.165) is 19.6 Å². The van der Waals surface area contributed by atoms with Gasteiger partial charge in [0.25, 0.3) is 0 Å². The summed E-state index contributed by atoms with van der Waals surface area (Å²) in [7, 11) is 0. The second-order valence-corrected chi connectivity index (χ2v) is 6.36. The molecule has 19 heavy (non-hydrogen) atoms. The lowest BCUT2D eigenvalue weighted by Gasteiger charge is -2.37. The minimum absolute atomic E-state index is 0.180. The van der Waals surface area contributed by atoms with Crippen LogP contribution in [-0.2, 0) is 9.53 Å². The largest absolute Gasteiger partial charge is 0.376 e. The molecule has 110 valence electrons. The van der Waals surface area contributed by atoms with E-state index < -0.39 is 0 Å². The summed E-state index contributed by atoms with van der Waals surface area (Å²) in [5.41, 5.74) is 0. The number of rotatable bonds is 3. The van der Waals surface area contributed by atoms with Crippen molar-refractivity contribution < 1.29 is 9.53 Å². The van der Waals surface area contributed by atoms with Crippen molar-refractivity contribution in [2.24, 2.45) is 5.92 Å². The van der Waals surface area contributed by atoms with Gasteiger partial charge in [-0.05, 0) is 32.6 Å². The van der Waals surface area contributed by atoms with Crippen molar-refractivity contribution in [2.45, 2.75) is 64.6 Å². The van der Waals surface area contributed by atoms with Gasteiger partial charge in [-0.3, -0.25) is 9.69 Å². The summed E-state index contributed by atoms with van der Waals surface area (Å²) in [6.45, 7) is 8.55. The van der Waals surface area contributed by atoms with Crippen molar-refractivity contribution in [1.29, 1.82) is 0 Å². The fourth-order valence-electron chi connectivity index (χ4n) is 3.16. The Morgan fingerprint density at radius 2 is 2.00 bits per heavy atom. The molecule has 4 nitrogen and oxygen atoms in total. The summed E-state index contributed by atoms with van der Waals surface area (Å²) in [6.07, 6.45) is 5.18. The van der Waals surface area contributed by atoms with Gasteiger partial charge in [-0.15, -0.1) is 0 Å². The molecule has 1 heterocycles. The molecule has 1 saturated carbocycles. The van der Waals surface area contributed by atoms with Crippen molar-refractivity contribution in [3.63, 3.8) is 0 Å². The standard InChI is InChI=1S/C15H28N2O2/c1-11-6-4-5-7-14(11)16-15(18)9-17-8-13(3)19-10-12(17)2/h11-14H,4-10H2,1-3H3,(H,16,18). The zero-order valence-corrected chi connectivity index (χ0v) is 12.5. The Hall–Kier alpha value is -0.610. The molecule has 1 amide bonds. The molecule has 0 aromatic rings. The molecule has 1 saturated heterocycles. The van der Waals surface area contributed by atoms with Crippen LogP contribution in [0.3, 0.4) is 0 Å². The van der Waals surface area contributed by atoms with E-state index in [-0.39, 0.29) is 12.0 Å². The molecule has 1 N–H and O–H groups in total. The van der Waals surface area contributed by atoms with Gasteiger partial charge < -0.3 is 10.1 Å². The number of hydrogen-bond donors (Lipinski definition) is 1. The Bertz CT molecular complexity index is 309. The SMILES string of the molecule is CC1CN(CC(=O)NC2CCCCC2C)C(C)CO1. The maximum absolute atomic E-state index is 12.2. The zero-order chi connectivity index (χ0) is 13.8. The van der Waals surface area contributed by atoms with E-state index in [1.54, 1.807) is 0 Å². The molecule has 0 aromatic heterocycles. The van der Waals surface area contributed by atoms with Crippen LogP contribution in [0.1, 0.15) is 46.5 Å². The lowest BCUT2D eigenvalue weighted by Crippen LogP contribution is -2.52. The molecular formula is C15H28N2O2. The molecule has 2 aliphatic rings. The minimum Gasteiger partial charge on any atom is -0.376 e. The Labute approximate surface area is 116 Å². The lowest BCUT2D eigenvalue weighted by molar-refractivity contribution is -0.127. The van der Waals surface area contributed by atoms with Crippen LogP contribution in [0.5, 0.6) is 0 Å². The van der Waals surface area contributed by atoms with Gasteiger partial charge in [0.2, 0.25) is 5.91 Å². The van der Waals surface area contributed by atoms with E-state index in [9.17, 15) is 4.79 Å². The summed E-state index contributed by atoms with van der Waals surface area (Å²) in [6, 6.07) is 0.723. The molecule has 0 bridgehead atoms. The van der Waals surface area contributed by atoms with Crippen LogP contribution < -0.4 is 5.32 Å². The molecule has 4 unspecified atom stereocenters. The van der Waals surface area contributed by atoms with E-state index >= 15 is 0 Å². The van der Waals surface area contributed by atoms with Gasteiger partial charge in [0.05, 0.1) is 19.3 Å². The third kappa shape index (κ3) is 4.18. The average molecular weight is 268 g/mol. The van der Waals surface area contributed by atoms with Gasteiger partial charge in [-0.1, -0.05) is 19.8 Å². The predicted molar refractivity (Wildman–Crippen MR) is 76.0 cm³/mol. The maximum Gasteiger partial charge on any atom is 0.234 e. The minimum atomic E-state index is 0.180. The summed E-state index contributed by atoms with van der Waals surface area (Å²) in [5.74, 6) is 0.804. The molecule has 0 radical (unpaired) electrons. The number of amides is 1. The predicted octanol–water partition coefficient (Wildman–Crippen LogP) is 1.79. The first-order valence-corrected chi connectivity index (χ1v) is 7.71. The second kappa shape index (κ2) is 6.71. The Morgan fingerprint density at radius 1 is 1.26 bits per heavy atom. The average Bonchev–Trinajstić information content (AvgIpc) is 2.37. The molecule has 2 rings (SSSR count). The zero-order valence-electron chi connectivity index (χ0n) is 12.5. The summed E-state index contributed by atoms with van der Waals surface area (Å²) in [5, 5.41) is 3.23. The number of morpholine rings is 1. The van der Waals surface area contributed by atoms with E-state index in [2.05, 4.69) is 31.0 Å². The van der Waals surface area contributed by atoms with Crippen LogP contribution in [0.25, 0.3) is 0 Å². The highest BCUT2D eigenvalue weighted by Crippen LogP contribution is 2.23. The summed E-state index contributed by atoms with van der Waals surface area (Å²) < 4.78 is 5.60. The molecule has 1 aliphatic heterocycles. The molecular weight excluding hydrogens is 240 g/mol. The lowest BCUT2D eigenvalue weighted by atomic mass is 9.86. The number of nitrogens with one attached hydrogen (secondary N) is 1. The van der Waals surface area contributed by atoms with Crippen molar-refractivity contribution in [1.82, 2.24) is 10.2 Å². The number of hydrogen-bond acceptors (Lipinski definition) is 3. The molecule has 2 fully saturated rings. The van der Waals surface area contributed by atoms with E-state index in [1.807, 2.05) is 0 Å². The first kappa shape index (κ1) is 14.8. The highest BCUT2D eigenvalue weighted by atomic mass is 16.5. The topological polar surface area (TPSA) is 41.6 Å². The monoisotopic (exact) mass is 268 g/mol. The van der Waals surface area contributed by atoms with Gasteiger partial charge >= 0.3 is 0 Å². The van der Waals surface area contributed by atoms with Gasteiger partial charge in [0.1, 0.15) is 0 Å². The smallest absolute Gasteiger partial charge is 0.234 e. The Balaban J connectivity index is 1.79. The fourth-order valence-corrected chi connectivity index (χ4v) is 3.16. The number of carbonyl (C=O) groups is 1. The Morgan fingerprint density at radius 3 is 2.74 bits per heavy atom. The normalized spacial score (nSPS) is 37.0. The highest BCUT2D eigenvalue weighted by Gasteiger charge is 2.27. The first-order valence-electron chi connectivity index (χ1n) is 7.71. The van der Waals surface area contributed by atoms with Gasteiger partial charge in [0.15, 0.2) is 0 Å². The van der Waals surface area contributed by atoms with Crippen molar-refractivity contribution in [3.05, 3.63) is 0 Å². The number of carbonyl (C=O) groups excluding carboxylic acids is 1. The van der Waals surface area contributed by atoms with Gasteiger partial charge in [-0.25, -0.2) is 0 Å². The second-order valence-electron chi connectivity index (χ2n) is 6.36. The van der Waals surface area contributed by atoms with Crippen LogP contribution in [0.4, 0.5) is 0 Å². The van der Waals surface area contributed by atoms with Crippen LogP contribution in [0.15, 0.2) is 0 Å². The van der Waals surface area contributed by atoms with Crippen molar-refractivity contribution in [2.75, 3.05) is 19.7 Å². The maximum atomic E-state index is 12.2. The number of ether oxygens (including phenoxy) is 1. The molecule has 0 aromatic carbocycles. The summed E-state index contributed by atoms with van der Waals surface area (Å²) in [4.78, 5) is 14.4. The summed E-state index contributed by atoms with van der Waals surface area (Å²) >= 11 is 0. The van der Waals surface area contributed by atoms with Crippen LogP contribution in [0.2, 0.25) is 0 Å².